The third-order valence-corrected chi connectivity index (χ3v) is 3.63. The smallest absolute Gasteiger partial charge is 0.123 e. The molecule has 2 rings (SSSR count). The van der Waals surface area contributed by atoms with Crippen molar-refractivity contribution < 1.29 is 4.79 Å². The first-order valence-corrected chi connectivity index (χ1v) is 6.07. The summed E-state index contributed by atoms with van der Waals surface area (Å²) in [6, 6.07) is 8.49. The summed E-state index contributed by atoms with van der Waals surface area (Å²) in [5.41, 5.74) is 2.64. The molecule has 1 aliphatic carbocycles. The van der Waals surface area contributed by atoms with Crippen molar-refractivity contribution in [1.82, 2.24) is 0 Å². The van der Waals surface area contributed by atoms with E-state index in [2.05, 4.69) is 29.6 Å². The van der Waals surface area contributed by atoms with E-state index in [4.69, 9.17) is 0 Å². The first kappa shape index (κ1) is 11.2. The molecule has 0 bridgehead atoms. The molecular weight excluding hydrogens is 198 g/mol. The van der Waals surface area contributed by atoms with Crippen molar-refractivity contribution in [2.45, 2.75) is 31.6 Å². The fourth-order valence-electron chi connectivity index (χ4n) is 2.65. The average molecular weight is 217 g/mol. The second-order valence-electron chi connectivity index (χ2n) is 4.59. The largest absolute Gasteiger partial charge is 0.388 e. The van der Waals surface area contributed by atoms with Crippen LogP contribution in [-0.4, -0.2) is 13.3 Å². The Morgan fingerprint density at radius 3 is 2.50 bits per heavy atom. The summed E-state index contributed by atoms with van der Waals surface area (Å²) in [7, 11) is 1.97. The van der Waals surface area contributed by atoms with Crippen LogP contribution in [0, 0.1) is 5.92 Å². The van der Waals surface area contributed by atoms with E-state index >= 15 is 0 Å². The Hall–Kier alpha value is -1.31. The van der Waals surface area contributed by atoms with Crippen LogP contribution in [0.3, 0.4) is 0 Å². The number of hydrogen-bond donors (Lipinski definition) is 1. The lowest BCUT2D eigenvalue weighted by Crippen LogP contribution is -2.15. The van der Waals surface area contributed by atoms with Gasteiger partial charge in [0.25, 0.3) is 0 Å². The molecule has 1 aromatic carbocycles. The fraction of sp³-hybridized carbons (Fsp3) is 0.500. The van der Waals surface area contributed by atoms with Crippen LogP contribution in [-0.2, 0) is 4.79 Å². The van der Waals surface area contributed by atoms with Gasteiger partial charge in [-0.05, 0) is 43.2 Å². The van der Waals surface area contributed by atoms with E-state index in [1.165, 1.54) is 11.3 Å². The summed E-state index contributed by atoms with van der Waals surface area (Å²) < 4.78 is 0. The van der Waals surface area contributed by atoms with Crippen molar-refractivity contribution in [3.63, 3.8) is 0 Å². The highest BCUT2D eigenvalue weighted by Gasteiger charge is 2.23. The minimum atomic E-state index is 0.304. The number of benzene rings is 1. The maximum absolute atomic E-state index is 10.7. The highest BCUT2D eigenvalue weighted by molar-refractivity contribution is 5.55. The number of carbonyl (C=O) groups is 1. The van der Waals surface area contributed by atoms with Crippen molar-refractivity contribution in [2.24, 2.45) is 5.92 Å². The molecule has 0 aliphatic heterocycles. The van der Waals surface area contributed by atoms with Crippen molar-refractivity contribution >= 4 is 12.0 Å². The molecule has 2 nitrogen and oxygen atoms in total. The van der Waals surface area contributed by atoms with Crippen LogP contribution >= 0.6 is 0 Å². The number of hydrogen-bond acceptors (Lipinski definition) is 2. The highest BCUT2D eigenvalue weighted by Crippen LogP contribution is 2.37. The zero-order chi connectivity index (χ0) is 11.4. The van der Waals surface area contributed by atoms with Gasteiger partial charge in [0.2, 0.25) is 0 Å². The predicted molar refractivity (Wildman–Crippen MR) is 66.8 cm³/mol. The first-order valence-electron chi connectivity index (χ1n) is 6.07. The summed E-state index contributed by atoms with van der Waals surface area (Å²) in [5.74, 6) is 0.929. The van der Waals surface area contributed by atoms with Crippen molar-refractivity contribution in [2.75, 3.05) is 12.4 Å². The molecule has 1 saturated carbocycles. The molecule has 86 valence electrons. The van der Waals surface area contributed by atoms with Gasteiger partial charge in [0.1, 0.15) is 6.29 Å². The molecule has 0 atom stereocenters. The minimum Gasteiger partial charge on any atom is -0.388 e. The van der Waals surface area contributed by atoms with E-state index < -0.39 is 0 Å². The number of para-hydroxylation sites is 1. The molecule has 0 heterocycles. The third kappa shape index (κ3) is 2.26. The summed E-state index contributed by atoms with van der Waals surface area (Å²) >= 11 is 0. The van der Waals surface area contributed by atoms with E-state index in [0.717, 1.165) is 32.0 Å². The Kier molecular flexibility index (Phi) is 3.60. The summed E-state index contributed by atoms with van der Waals surface area (Å²) in [5, 5.41) is 3.25. The molecule has 1 aromatic rings. The SMILES string of the molecule is CNc1ccccc1C1CCC(C=O)CC1. The van der Waals surface area contributed by atoms with E-state index in [0.29, 0.717) is 11.8 Å². The van der Waals surface area contributed by atoms with E-state index in [-0.39, 0.29) is 0 Å². The maximum Gasteiger partial charge on any atom is 0.123 e. The van der Waals surface area contributed by atoms with Crippen LogP contribution in [0.5, 0.6) is 0 Å². The number of aldehydes is 1. The molecular formula is C14H19NO. The van der Waals surface area contributed by atoms with E-state index in [1.54, 1.807) is 0 Å². The van der Waals surface area contributed by atoms with Crippen molar-refractivity contribution in [3.8, 4) is 0 Å². The molecule has 1 N–H and O–H groups in total. The molecule has 1 fully saturated rings. The minimum absolute atomic E-state index is 0.304. The number of nitrogens with one attached hydrogen (secondary N) is 1. The molecule has 0 saturated heterocycles. The van der Waals surface area contributed by atoms with Gasteiger partial charge in [0, 0.05) is 18.7 Å². The molecule has 0 aromatic heterocycles. The zero-order valence-corrected chi connectivity index (χ0v) is 9.78. The van der Waals surface area contributed by atoms with Crippen molar-refractivity contribution in [3.05, 3.63) is 29.8 Å². The molecule has 0 unspecified atom stereocenters. The van der Waals surface area contributed by atoms with Gasteiger partial charge in [-0.3, -0.25) is 0 Å². The van der Waals surface area contributed by atoms with Gasteiger partial charge in [0.05, 0.1) is 0 Å². The predicted octanol–water partition coefficient (Wildman–Crippen LogP) is 3.20. The van der Waals surface area contributed by atoms with Gasteiger partial charge < -0.3 is 10.1 Å². The first-order chi connectivity index (χ1) is 7.85. The second kappa shape index (κ2) is 5.15. The lowest BCUT2D eigenvalue weighted by Gasteiger charge is -2.27. The molecule has 0 spiro atoms. The highest BCUT2D eigenvalue weighted by atomic mass is 16.1. The van der Waals surface area contributed by atoms with Crippen LogP contribution in [0.2, 0.25) is 0 Å². The molecule has 1 aliphatic rings. The topological polar surface area (TPSA) is 29.1 Å². The fourth-order valence-corrected chi connectivity index (χ4v) is 2.65. The van der Waals surface area contributed by atoms with Crippen LogP contribution in [0.15, 0.2) is 24.3 Å². The number of rotatable bonds is 3. The third-order valence-electron chi connectivity index (χ3n) is 3.63. The lowest BCUT2D eigenvalue weighted by atomic mass is 9.79. The number of anilines is 1. The Labute approximate surface area is 97.1 Å². The second-order valence-corrected chi connectivity index (χ2v) is 4.59. The van der Waals surface area contributed by atoms with E-state index in [1.807, 2.05) is 7.05 Å². The number of carbonyl (C=O) groups excluding carboxylic acids is 1. The van der Waals surface area contributed by atoms with Crippen LogP contribution in [0.1, 0.15) is 37.2 Å². The molecule has 0 radical (unpaired) electrons. The monoisotopic (exact) mass is 217 g/mol. The quantitative estimate of drug-likeness (QED) is 0.788. The standard InChI is InChI=1S/C14H19NO/c1-15-14-5-3-2-4-13(14)12-8-6-11(10-16)7-9-12/h2-5,10-12,15H,6-9H2,1H3. The Morgan fingerprint density at radius 1 is 1.19 bits per heavy atom. The molecule has 16 heavy (non-hydrogen) atoms. The lowest BCUT2D eigenvalue weighted by molar-refractivity contribution is -0.111. The van der Waals surface area contributed by atoms with Crippen LogP contribution in [0.25, 0.3) is 0 Å². The Bertz CT molecular complexity index is 354. The van der Waals surface area contributed by atoms with Crippen LogP contribution in [0.4, 0.5) is 5.69 Å². The summed E-state index contributed by atoms with van der Waals surface area (Å²) in [6.07, 6.45) is 5.50. The Balaban J connectivity index is 2.10. The van der Waals surface area contributed by atoms with Gasteiger partial charge >= 0.3 is 0 Å². The van der Waals surface area contributed by atoms with Gasteiger partial charge in [0.15, 0.2) is 0 Å². The van der Waals surface area contributed by atoms with Gasteiger partial charge in [-0.25, -0.2) is 0 Å². The maximum atomic E-state index is 10.7. The summed E-state index contributed by atoms with van der Waals surface area (Å²) in [4.78, 5) is 10.7. The van der Waals surface area contributed by atoms with Crippen LogP contribution < -0.4 is 5.32 Å². The van der Waals surface area contributed by atoms with Gasteiger partial charge in [-0.2, -0.15) is 0 Å². The van der Waals surface area contributed by atoms with Crippen molar-refractivity contribution in [1.29, 1.82) is 0 Å². The summed E-state index contributed by atoms with van der Waals surface area (Å²) in [6.45, 7) is 0. The molecule has 2 heteroatoms. The average Bonchev–Trinajstić information content (AvgIpc) is 2.39. The Morgan fingerprint density at radius 2 is 1.88 bits per heavy atom. The zero-order valence-electron chi connectivity index (χ0n) is 9.78. The normalized spacial score (nSPS) is 25.1. The van der Waals surface area contributed by atoms with E-state index in [9.17, 15) is 4.79 Å². The van der Waals surface area contributed by atoms with Gasteiger partial charge in [-0.1, -0.05) is 18.2 Å². The molecule has 0 amide bonds. The van der Waals surface area contributed by atoms with Gasteiger partial charge in [-0.15, -0.1) is 0 Å².